The Labute approximate surface area is 163 Å². The van der Waals surface area contributed by atoms with E-state index in [9.17, 15) is 4.79 Å². The molecule has 2 aliphatic rings. The van der Waals surface area contributed by atoms with Gasteiger partial charge in [0.25, 0.3) is 5.91 Å². The molecule has 0 spiro atoms. The molecule has 0 bridgehead atoms. The molecule has 0 N–H and O–H groups in total. The van der Waals surface area contributed by atoms with Gasteiger partial charge < -0.3 is 4.90 Å². The Balaban J connectivity index is 1.60. The zero-order valence-electron chi connectivity index (χ0n) is 14.6. The minimum atomic E-state index is -0.0470. The molecule has 0 atom stereocenters. The predicted octanol–water partition coefficient (Wildman–Crippen LogP) is 5.00. The van der Waals surface area contributed by atoms with E-state index in [1.165, 1.54) is 35.9 Å². The number of nitrogens with zero attached hydrogens (tertiary/aromatic N) is 2. The summed E-state index contributed by atoms with van der Waals surface area (Å²) >= 11 is 6.81. The maximum Gasteiger partial charge on any atom is 0.270 e. The van der Waals surface area contributed by atoms with E-state index in [1.807, 2.05) is 36.4 Å². The Morgan fingerprint density at radius 1 is 1.04 bits per heavy atom. The smallest absolute Gasteiger partial charge is 0.270 e. The fourth-order valence-corrected chi connectivity index (χ4v) is 4.69. The first-order valence-corrected chi connectivity index (χ1v) is 10.0. The Kier molecular flexibility index (Phi) is 4.83. The number of benzene rings is 2. The highest BCUT2D eigenvalue weighted by atomic mass is 32.2. The summed E-state index contributed by atoms with van der Waals surface area (Å²) < 4.78 is 0.582. The maximum absolute atomic E-state index is 12.8. The quantitative estimate of drug-likeness (QED) is 0.552. The van der Waals surface area contributed by atoms with Gasteiger partial charge in [-0.25, -0.2) is 0 Å². The Morgan fingerprint density at radius 2 is 1.77 bits per heavy atom. The lowest BCUT2D eigenvalue weighted by Crippen LogP contribution is -2.27. The van der Waals surface area contributed by atoms with E-state index in [-0.39, 0.29) is 5.91 Å². The van der Waals surface area contributed by atoms with E-state index in [1.54, 1.807) is 4.90 Å². The second-order valence-corrected chi connectivity index (χ2v) is 8.26. The number of aryl methyl sites for hydroxylation is 1. The summed E-state index contributed by atoms with van der Waals surface area (Å²) in [5, 5.41) is 0. The summed E-state index contributed by atoms with van der Waals surface area (Å²) in [5.74, 6) is -0.0470. The molecular formula is C21H20N2OS2. The molecule has 1 amide bonds. The summed E-state index contributed by atoms with van der Waals surface area (Å²) in [5.41, 5.74) is 4.34. The van der Waals surface area contributed by atoms with Crippen molar-refractivity contribution >= 4 is 51.7 Å². The van der Waals surface area contributed by atoms with E-state index >= 15 is 0 Å². The van der Waals surface area contributed by atoms with Crippen molar-refractivity contribution in [2.45, 2.75) is 19.8 Å². The first-order chi connectivity index (χ1) is 12.6. The SMILES string of the molecule is Cc1cc(N2CCCC2)ccc1/C=C1\SC(=S)N(c2ccccc2)C1=O. The number of amides is 1. The molecule has 2 saturated heterocycles. The predicted molar refractivity (Wildman–Crippen MR) is 115 cm³/mol. The molecule has 0 unspecified atom stereocenters. The summed E-state index contributed by atoms with van der Waals surface area (Å²) in [6.45, 7) is 4.37. The molecule has 0 aliphatic carbocycles. The molecular weight excluding hydrogens is 360 g/mol. The highest BCUT2D eigenvalue weighted by Crippen LogP contribution is 2.36. The van der Waals surface area contributed by atoms with Crippen LogP contribution < -0.4 is 9.80 Å². The number of carbonyl (C=O) groups excluding carboxylic acids is 1. The molecule has 3 nitrogen and oxygen atoms in total. The summed E-state index contributed by atoms with van der Waals surface area (Å²) in [7, 11) is 0. The molecule has 2 aromatic carbocycles. The Hall–Kier alpha value is -2.11. The van der Waals surface area contributed by atoms with Gasteiger partial charge >= 0.3 is 0 Å². The molecule has 5 heteroatoms. The number of para-hydroxylation sites is 1. The molecule has 4 rings (SSSR count). The van der Waals surface area contributed by atoms with Crippen LogP contribution >= 0.6 is 24.0 Å². The lowest BCUT2D eigenvalue weighted by molar-refractivity contribution is -0.113. The minimum absolute atomic E-state index is 0.0470. The van der Waals surface area contributed by atoms with E-state index in [0.717, 1.165) is 24.3 Å². The molecule has 0 radical (unpaired) electrons. The van der Waals surface area contributed by atoms with Gasteiger partial charge in [-0.05, 0) is 61.2 Å². The second kappa shape index (κ2) is 7.25. The molecule has 2 aliphatic heterocycles. The third-order valence-corrected chi connectivity index (χ3v) is 6.12. The third-order valence-electron chi connectivity index (χ3n) is 4.82. The van der Waals surface area contributed by atoms with Crippen LogP contribution in [0.1, 0.15) is 24.0 Å². The van der Waals surface area contributed by atoms with Gasteiger partial charge in [0.2, 0.25) is 0 Å². The normalized spacial score (nSPS) is 19.0. The van der Waals surface area contributed by atoms with Gasteiger partial charge in [0.1, 0.15) is 0 Å². The van der Waals surface area contributed by atoms with Crippen molar-refractivity contribution in [3.63, 3.8) is 0 Å². The number of anilines is 2. The standard InChI is InChI=1S/C21H20N2OS2/c1-15-13-18(22-11-5-6-12-22)10-9-16(15)14-19-20(24)23(21(25)26-19)17-7-3-2-4-8-17/h2-4,7-10,13-14H,5-6,11-12H2,1H3/b19-14-. The third kappa shape index (κ3) is 3.29. The van der Waals surface area contributed by atoms with Crippen molar-refractivity contribution in [1.29, 1.82) is 0 Å². The number of rotatable bonds is 3. The first-order valence-electron chi connectivity index (χ1n) is 8.82. The zero-order chi connectivity index (χ0) is 18.1. The van der Waals surface area contributed by atoms with Crippen molar-refractivity contribution in [2.24, 2.45) is 0 Å². The number of thiocarbonyl (C=S) groups is 1. The largest absolute Gasteiger partial charge is 0.372 e. The van der Waals surface area contributed by atoms with Gasteiger partial charge in [0, 0.05) is 18.8 Å². The van der Waals surface area contributed by atoms with Crippen molar-refractivity contribution < 1.29 is 4.79 Å². The molecule has 2 fully saturated rings. The molecule has 0 aromatic heterocycles. The van der Waals surface area contributed by atoms with Crippen LogP contribution in [0, 0.1) is 6.92 Å². The Morgan fingerprint density at radius 3 is 2.46 bits per heavy atom. The summed E-state index contributed by atoms with van der Waals surface area (Å²) in [4.78, 5) is 17.6. The van der Waals surface area contributed by atoms with Gasteiger partial charge in [-0.2, -0.15) is 0 Å². The maximum atomic E-state index is 12.8. The van der Waals surface area contributed by atoms with Crippen molar-refractivity contribution in [3.05, 3.63) is 64.6 Å². The van der Waals surface area contributed by atoms with Crippen LogP contribution in [0.2, 0.25) is 0 Å². The number of hydrogen-bond donors (Lipinski definition) is 0. The zero-order valence-corrected chi connectivity index (χ0v) is 16.3. The lowest BCUT2D eigenvalue weighted by Gasteiger charge is -2.18. The van der Waals surface area contributed by atoms with Crippen molar-refractivity contribution in [1.82, 2.24) is 0 Å². The van der Waals surface area contributed by atoms with E-state index in [0.29, 0.717) is 9.23 Å². The first kappa shape index (κ1) is 17.3. The highest BCUT2D eigenvalue weighted by molar-refractivity contribution is 8.27. The van der Waals surface area contributed by atoms with Gasteiger partial charge in [-0.1, -0.05) is 48.2 Å². The molecule has 2 heterocycles. The lowest BCUT2D eigenvalue weighted by atomic mass is 10.1. The van der Waals surface area contributed by atoms with E-state index in [4.69, 9.17) is 12.2 Å². The van der Waals surface area contributed by atoms with Gasteiger partial charge in [-0.3, -0.25) is 9.69 Å². The van der Waals surface area contributed by atoms with Crippen LogP contribution in [-0.4, -0.2) is 23.3 Å². The van der Waals surface area contributed by atoms with Crippen molar-refractivity contribution in [2.75, 3.05) is 22.9 Å². The fraction of sp³-hybridized carbons (Fsp3) is 0.238. The van der Waals surface area contributed by atoms with Crippen LogP contribution in [0.4, 0.5) is 11.4 Å². The van der Waals surface area contributed by atoms with E-state index in [2.05, 4.69) is 30.0 Å². The van der Waals surface area contributed by atoms with Gasteiger partial charge in [-0.15, -0.1) is 0 Å². The average molecular weight is 381 g/mol. The molecule has 0 saturated carbocycles. The fourth-order valence-electron chi connectivity index (χ4n) is 3.40. The van der Waals surface area contributed by atoms with Crippen LogP contribution in [0.25, 0.3) is 6.08 Å². The molecule has 26 heavy (non-hydrogen) atoms. The number of carbonyl (C=O) groups is 1. The average Bonchev–Trinajstić information content (AvgIpc) is 3.26. The van der Waals surface area contributed by atoms with Crippen LogP contribution in [-0.2, 0) is 4.79 Å². The molecule has 132 valence electrons. The van der Waals surface area contributed by atoms with Gasteiger partial charge in [0.05, 0.1) is 10.6 Å². The van der Waals surface area contributed by atoms with Crippen molar-refractivity contribution in [3.8, 4) is 0 Å². The Bertz CT molecular complexity index is 886. The van der Waals surface area contributed by atoms with Gasteiger partial charge in [0.15, 0.2) is 4.32 Å². The van der Waals surface area contributed by atoms with E-state index < -0.39 is 0 Å². The van der Waals surface area contributed by atoms with Crippen LogP contribution in [0.15, 0.2) is 53.4 Å². The topological polar surface area (TPSA) is 23.6 Å². The molecule has 2 aromatic rings. The number of thioether (sulfide) groups is 1. The summed E-state index contributed by atoms with van der Waals surface area (Å²) in [6, 6.07) is 16.1. The monoisotopic (exact) mass is 380 g/mol. The summed E-state index contributed by atoms with van der Waals surface area (Å²) in [6.07, 6.45) is 4.50. The number of hydrogen-bond acceptors (Lipinski definition) is 4. The highest BCUT2D eigenvalue weighted by Gasteiger charge is 2.33. The van der Waals surface area contributed by atoms with Crippen LogP contribution in [0.5, 0.6) is 0 Å². The van der Waals surface area contributed by atoms with Crippen LogP contribution in [0.3, 0.4) is 0 Å². The minimum Gasteiger partial charge on any atom is -0.372 e. The second-order valence-electron chi connectivity index (χ2n) is 6.59.